The topological polar surface area (TPSA) is 136 Å². The van der Waals surface area contributed by atoms with Crippen LogP contribution in [0.15, 0.2) is 48.8 Å². The molecule has 1 heterocycles. The first kappa shape index (κ1) is 20.3. The Hall–Kier alpha value is -3.98. The number of amides is 2. The highest BCUT2D eigenvalue weighted by Gasteiger charge is 2.24. The molecule has 2 aromatic carbocycles. The normalized spacial score (nSPS) is 13.0. The molecule has 0 atom stereocenters. The number of aryl methyl sites for hydroxylation is 1. The van der Waals surface area contributed by atoms with Crippen molar-refractivity contribution < 1.29 is 14.4 Å². The summed E-state index contributed by atoms with van der Waals surface area (Å²) in [7, 11) is 0. The van der Waals surface area contributed by atoms with Gasteiger partial charge in [-0.2, -0.15) is 0 Å². The molecule has 1 aliphatic carbocycles. The Morgan fingerprint density at radius 1 is 1.19 bits per heavy atom. The summed E-state index contributed by atoms with van der Waals surface area (Å²) < 4.78 is 1.58. The predicted molar refractivity (Wildman–Crippen MR) is 116 cm³/mol. The number of hydrogen-bond donors (Lipinski definition) is 3. The van der Waals surface area contributed by atoms with Gasteiger partial charge in [0.1, 0.15) is 12.1 Å². The standard InChI is InChI=1S/C22H22N6O3/c1-13-5-6-15(22(31)26-16-7-8-16)10-18(13)27-11-25-19(21(27)23)20(30)14-3-2-4-17(9-14)28(24)12-29/h2-6,9-12,16H,7-8,23-24H2,1H3,(H,26,31). The average molecular weight is 418 g/mol. The van der Waals surface area contributed by atoms with Gasteiger partial charge in [0.25, 0.3) is 5.91 Å². The third-order valence-electron chi connectivity index (χ3n) is 5.18. The molecule has 4 rings (SSSR count). The Bertz CT molecular complexity index is 1180. The number of ketones is 1. The molecular formula is C22H22N6O3. The van der Waals surface area contributed by atoms with Crippen molar-refractivity contribution in [2.45, 2.75) is 25.8 Å². The van der Waals surface area contributed by atoms with Crippen LogP contribution in [0, 0.1) is 6.92 Å². The zero-order valence-corrected chi connectivity index (χ0v) is 16.9. The Kier molecular flexibility index (Phi) is 5.26. The van der Waals surface area contributed by atoms with Gasteiger partial charge in [-0.1, -0.05) is 18.2 Å². The van der Waals surface area contributed by atoms with Crippen LogP contribution >= 0.6 is 0 Å². The number of imidazole rings is 1. The van der Waals surface area contributed by atoms with Gasteiger partial charge in [0.15, 0.2) is 5.69 Å². The fourth-order valence-corrected chi connectivity index (χ4v) is 3.24. The number of nitrogen functional groups attached to an aromatic ring is 1. The molecule has 3 aromatic rings. The van der Waals surface area contributed by atoms with Crippen LogP contribution in [0.5, 0.6) is 0 Å². The van der Waals surface area contributed by atoms with E-state index in [9.17, 15) is 14.4 Å². The molecule has 1 saturated carbocycles. The molecule has 5 N–H and O–H groups in total. The number of carbonyl (C=O) groups excluding carboxylic acids is 3. The highest BCUT2D eigenvalue weighted by molar-refractivity contribution is 6.11. The maximum absolute atomic E-state index is 13.0. The molecule has 0 unspecified atom stereocenters. The van der Waals surface area contributed by atoms with Crippen LogP contribution in [0.4, 0.5) is 11.5 Å². The largest absolute Gasteiger partial charge is 0.383 e. The van der Waals surface area contributed by atoms with E-state index in [0.717, 1.165) is 23.4 Å². The maximum atomic E-state index is 13.0. The summed E-state index contributed by atoms with van der Waals surface area (Å²) in [6, 6.07) is 11.9. The van der Waals surface area contributed by atoms with Crippen molar-refractivity contribution in [2.75, 3.05) is 10.7 Å². The van der Waals surface area contributed by atoms with Crippen LogP contribution in [0.3, 0.4) is 0 Å². The third-order valence-corrected chi connectivity index (χ3v) is 5.18. The number of benzene rings is 2. The summed E-state index contributed by atoms with van der Waals surface area (Å²) in [4.78, 5) is 40.5. The van der Waals surface area contributed by atoms with Crippen LogP contribution in [0.25, 0.3) is 5.69 Å². The van der Waals surface area contributed by atoms with Gasteiger partial charge in [-0.05, 0) is 49.6 Å². The Balaban J connectivity index is 1.66. The van der Waals surface area contributed by atoms with E-state index in [-0.39, 0.29) is 23.5 Å². The van der Waals surface area contributed by atoms with Crippen molar-refractivity contribution in [1.82, 2.24) is 14.9 Å². The summed E-state index contributed by atoms with van der Waals surface area (Å²) in [6.45, 7) is 1.89. The summed E-state index contributed by atoms with van der Waals surface area (Å²) in [5.74, 6) is 5.18. The molecule has 31 heavy (non-hydrogen) atoms. The van der Waals surface area contributed by atoms with Gasteiger partial charge in [0.05, 0.1) is 11.4 Å². The van der Waals surface area contributed by atoms with Crippen LogP contribution in [-0.2, 0) is 4.79 Å². The van der Waals surface area contributed by atoms with Crippen molar-refractivity contribution >= 4 is 29.6 Å². The third kappa shape index (κ3) is 4.03. The summed E-state index contributed by atoms with van der Waals surface area (Å²) in [5, 5.41) is 3.83. The lowest BCUT2D eigenvalue weighted by atomic mass is 10.1. The van der Waals surface area contributed by atoms with Gasteiger partial charge in [-0.25, -0.2) is 10.8 Å². The molecule has 1 fully saturated rings. The van der Waals surface area contributed by atoms with Crippen molar-refractivity contribution in [3.63, 3.8) is 0 Å². The number of aromatic nitrogens is 2. The fourth-order valence-electron chi connectivity index (χ4n) is 3.24. The van der Waals surface area contributed by atoms with Crippen LogP contribution in [0.1, 0.15) is 44.8 Å². The summed E-state index contributed by atoms with van der Waals surface area (Å²) in [5.41, 5.74) is 9.04. The molecule has 2 amide bonds. The first-order chi connectivity index (χ1) is 14.9. The number of rotatable bonds is 7. The molecule has 1 aromatic heterocycles. The molecule has 9 nitrogen and oxygen atoms in total. The van der Waals surface area contributed by atoms with E-state index in [1.165, 1.54) is 12.4 Å². The zero-order chi connectivity index (χ0) is 22.1. The van der Waals surface area contributed by atoms with E-state index in [1.807, 2.05) is 13.0 Å². The smallest absolute Gasteiger partial charge is 0.251 e. The van der Waals surface area contributed by atoms with Crippen molar-refractivity contribution in [2.24, 2.45) is 5.84 Å². The number of nitrogens with two attached hydrogens (primary N) is 2. The minimum absolute atomic E-state index is 0.0686. The lowest BCUT2D eigenvalue weighted by Crippen LogP contribution is -2.28. The molecule has 0 aliphatic heterocycles. The van der Waals surface area contributed by atoms with Crippen LogP contribution < -0.4 is 21.9 Å². The molecule has 0 saturated heterocycles. The number of hydrogen-bond acceptors (Lipinski definition) is 6. The zero-order valence-electron chi connectivity index (χ0n) is 16.9. The van der Waals surface area contributed by atoms with E-state index in [1.54, 1.807) is 34.9 Å². The lowest BCUT2D eigenvalue weighted by Gasteiger charge is -2.12. The van der Waals surface area contributed by atoms with Crippen molar-refractivity contribution in [3.05, 3.63) is 71.2 Å². The molecule has 0 spiro atoms. The van der Waals surface area contributed by atoms with E-state index >= 15 is 0 Å². The quantitative estimate of drug-likeness (QED) is 0.176. The Morgan fingerprint density at radius 2 is 1.97 bits per heavy atom. The predicted octanol–water partition coefficient (Wildman–Crippen LogP) is 1.72. The molecule has 0 bridgehead atoms. The first-order valence-corrected chi connectivity index (χ1v) is 9.77. The molecular weight excluding hydrogens is 396 g/mol. The molecule has 9 heteroatoms. The van der Waals surface area contributed by atoms with Gasteiger partial charge in [0.2, 0.25) is 12.2 Å². The average Bonchev–Trinajstić information content (AvgIpc) is 3.52. The molecule has 158 valence electrons. The van der Waals surface area contributed by atoms with Gasteiger partial charge < -0.3 is 11.1 Å². The van der Waals surface area contributed by atoms with Gasteiger partial charge in [0, 0.05) is 17.2 Å². The first-order valence-electron chi connectivity index (χ1n) is 9.77. The van der Waals surface area contributed by atoms with Crippen molar-refractivity contribution in [3.8, 4) is 5.69 Å². The highest BCUT2D eigenvalue weighted by atomic mass is 16.2. The lowest BCUT2D eigenvalue weighted by molar-refractivity contribution is -0.107. The van der Waals surface area contributed by atoms with Crippen LogP contribution in [0.2, 0.25) is 0 Å². The van der Waals surface area contributed by atoms with Gasteiger partial charge >= 0.3 is 0 Å². The minimum Gasteiger partial charge on any atom is -0.383 e. The number of hydrazine groups is 1. The fraction of sp³-hybridized carbons (Fsp3) is 0.182. The maximum Gasteiger partial charge on any atom is 0.251 e. The van der Waals surface area contributed by atoms with E-state index in [4.69, 9.17) is 11.6 Å². The van der Waals surface area contributed by atoms with Crippen LogP contribution in [-0.4, -0.2) is 33.7 Å². The minimum atomic E-state index is -0.405. The monoisotopic (exact) mass is 418 g/mol. The second-order valence-electron chi connectivity index (χ2n) is 7.49. The number of nitrogens with one attached hydrogen (secondary N) is 1. The number of anilines is 2. The second kappa shape index (κ2) is 8.04. The Labute approximate surface area is 178 Å². The molecule has 1 aliphatic rings. The van der Waals surface area contributed by atoms with E-state index in [2.05, 4.69) is 10.3 Å². The van der Waals surface area contributed by atoms with E-state index in [0.29, 0.717) is 28.9 Å². The Morgan fingerprint density at radius 3 is 2.68 bits per heavy atom. The van der Waals surface area contributed by atoms with Gasteiger partial charge in [-0.15, -0.1) is 0 Å². The number of carbonyl (C=O) groups is 3. The highest BCUT2D eigenvalue weighted by Crippen LogP contribution is 2.25. The number of nitrogens with zero attached hydrogens (tertiary/aromatic N) is 3. The van der Waals surface area contributed by atoms with E-state index < -0.39 is 5.78 Å². The van der Waals surface area contributed by atoms with Gasteiger partial charge in [-0.3, -0.25) is 24.0 Å². The summed E-state index contributed by atoms with van der Waals surface area (Å²) >= 11 is 0. The second-order valence-corrected chi connectivity index (χ2v) is 7.49. The molecule has 0 radical (unpaired) electrons. The SMILES string of the molecule is Cc1ccc(C(=O)NC2CC2)cc1-n1cnc(C(=O)c2cccc(N(N)C=O)c2)c1N. The van der Waals surface area contributed by atoms with Crippen molar-refractivity contribution in [1.29, 1.82) is 0 Å². The summed E-state index contributed by atoms with van der Waals surface area (Å²) in [6.07, 6.45) is 3.90.